The van der Waals surface area contributed by atoms with Gasteiger partial charge in [-0.1, -0.05) is 0 Å². The molecule has 2 heterocycles. The lowest BCUT2D eigenvalue weighted by Crippen LogP contribution is -2.30. The molecule has 0 spiro atoms. The first-order chi connectivity index (χ1) is 9.63. The number of aromatic nitrogens is 2. The van der Waals surface area contributed by atoms with E-state index < -0.39 is 10.9 Å². The number of imidazole rings is 1. The highest BCUT2D eigenvalue weighted by Crippen LogP contribution is 2.28. The number of esters is 1. The lowest BCUT2D eigenvalue weighted by Gasteiger charge is -2.25. The number of nitrogens with zero attached hydrogens (tertiary/aromatic N) is 4. The maximum Gasteiger partial charge on any atom is 0.367 e. The molecule has 0 radical (unpaired) electrons. The van der Waals surface area contributed by atoms with Crippen molar-refractivity contribution in [3.63, 3.8) is 0 Å². The fourth-order valence-corrected chi connectivity index (χ4v) is 2.34. The van der Waals surface area contributed by atoms with E-state index in [0.717, 1.165) is 32.4 Å². The quantitative estimate of drug-likeness (QED) is 0.460. The second-order valence-corrected chi connectivity index (χ2v) is 4.63. The van der Waals surface area contributed by atoms with Crippen LogP contribution in [0.15, 0.2) is 6.33 Å². The molecule has 0 aliphatic carbocycles. The van der Waals surface area contributed by atoms with Crippen LogP contribution in [0.5, 0.6) is 0 Å². The number of piperidine rings is 1. The van der Waals surface area contributed by atoms with Gasteiger partial charge in [-0.25, -0.2) is 4.79 Å². The van der Waals surface area contributed by atoms with Crippen LogP contribution < -0.4 is 4.90 Å². The molecule has 2 rings (SSSR count). The molecule has 8 heteroatoms. The molecule has 1 saturated heterocycles. The molecule has 1 fully saturated rings. The number of anilines is 1. The third-order valence-corrected chi connectivity index (χ3v) is 3.22. The molecule has 0 bridgehead atoms. The Morgan fingerprint density at radius 1 is 1.45 bits per heavy atom. The van der Waals surface area contributed by atoms with Crippen LogP contribution in [0.3, 0.4) is 0 Å². The maximum absolute atomic E-state index is 11.5. The van der Waals surface area contributed by atoms with Crippen LogP contribution >= 0.6 is 0 Å². The summed E-state index contributed by atoms with van der Waals surface area (Å²) >= 11 is 0. The van der Waals surface area contributed by atoms with Crippen LogP contribution in [0.2, 0.25) is 0 Å². The van der Waals surface area contributed by atoms with Crippen LogP contribution in [0.4, 0.5) is 11.6 Å². The van der Waals surface area contributed by atoms with Crippen LogP contribution in [0.1, 0.15) is 26.2 Å². The Labute approximate surface area is 116 Å². The zero-order chi connectivity index (χ0) is 14.5. The lowest BCUT2D eigenvalue weighted by atomic mass is 10.1. The van der Waals surface area contributed by atoms with Gasteiger partial charge in [-0.15, -0.1) is 0 Å². The Morgan fingerprint density at radius 2 is 2.15 bits per heavy atom. The Hall–Kier alpha value is -2.12. The summed E-state index contributed by atoms with van der Waals surface area (Å²) in [5.41, 5.74) is 0. The first kappa shape index (κ1) is 14.3. The van der Waals surface area contributed by atoms with E-state index in [1.807, 2.05) is 4.90 Å². The van der Waals surface area contributed by atoms with E-state index in [4.69, 9.17) is 4.74 Å². The number of rotatable bonds is 5. The van der Waals surface area contributed by atoms with Crippen molar-refractivity contribution in [3.05, 3.63) is 16.4 Å². The van der Waals surface area contributed by atoms with Crippen molar-refractivity contribution < 1.29 is 14.5 Å². The summed E-state index contributed by atoms with van der Waals surface area (Å²) in [5.74, 6) is -0.294. The molecular formula is C12H18N4O4. The molecule has 0 amide bonds. The number of carbonyl (C=O) groups excluding carboxylic acids is 1. The summed E-state index contributed by atoms with van der Waals surface area (Å²) in [6, 6.07) is 0. The molecule has 20 heavy (non-hydrogen) atoms. The average molecular weight is 282 g/mol. The molecule has 1 aromatic rings. The lowest BCUT2D eigenvalue weighted by molar-refractivity contribution is -0.391. The topological polar surface area (TPSA) is 90.5 Å². The standard InChI is InChI=1S/C12H18N4O4/c1-2-20-10(17)8-15-9-13-11(12(15)16(18)19)14-6-4-3-5-7-14/h9H,2-8H2,1H3. The van der Waals surface area contributed by atoms with Gasteiger partial charge >= 0.3 is 11.8 Å². The highest BCUT2D eigenvalue weighted by Gasteiger charge is 2.28. The minimum atomic E-state index is -0.502. The summed E-state index contributed by atoms with van der Waals surface area (Å²) in [4.78, 5) is 28.2. The van der Waals surface area contributed by atoms with E-state index in [-0.39, 0.29) is 19.0 Å². The fraction of sp³-hybridized carbons (Fsp3) is 0.667. The number of hydrogen-bond acceptors (Lipinski definition) is 6. The molecule has 110 valence electrons. The van der Waals surface area contributed by atoms with Crippen molar-refractivity contribution in [3.8, 4) is 0 Å². The van der Waals surface area contributed by atoms with Crippen molar-refractivity contribution in [2.75, 3.05) is 24.6 Å². The third kappa shape index (κ3) is 3.06. The van der Waals surface area contributed by atoms with Gasteiger partial charge in [-0.3, -0.25) is 0 Å². The molecule has 0 unspecified atom stereocenters. The van der Waals surface area contributed by atoms with Gasteiger partial charge in [0.1, 0.15) is 0 Å². The van der Waals surface area contributed by atoms with E-state index in [1.54, 1.807) is 6.92 Å². The molecule has 1 aromatic heterocycles. The summed E-state index contributed by atoms with van der Waals surface area (Å²) in [6.45, 7) is 3.28. The normalized spacial score (nSPS) is 15.2. The summed E-state index contributed by atoms with van der Waals surface area (Å²) in [5, 5.41) is 11.3. The Morgan fingerprint density at radius 3 is 2.75 bits per heavy atom. The molecule has 0 saturated carbocycles. The molecule has 0 N–H and O–H groups in total. The van der Waals surface area contributed by atoms with Gasteiger partial charge in [0.25, 0.3) is 0 Å². The summed E-state index contributed by atoms with van der Waals surface area (Å²) in [7, 11) is 0. The maximum atomic E-state index is 11.5. The van der Waals surface area contributed by atoms with Gasteiger partial charge in [0.2, 0.25) is 5.82 Å². The Kier molecular flexibility index (Phi) is 4.54. The van der Waals surface area contributed by atoms with Crippen LogP contribution in [0.25, 0.3) is 0 Å². The number of nitro groups is 1. The fourth-order valence-electron chi connectivity index (χ4n) is 2.34. The van der Waals surface area contributed by atoms with E-state index in [1.165, 1.54) is 10.9 Å². The van der Waals surface area contributed by atoms with Crippen LogP contribution in [0, 0.1) is 10.1 Å². The molecule has 1 aliphatic heterocycles. The Balaban J connectivity index is 2.22. The second-order valence-electron chi connectivity index (χ2n) is 4.63. The highest BCUT2D eigenvalue weighted by molar-refractivity contribution is 5.70. The van der Waals surface area contributed by atoms with E-state index in [9.17, 15) is 14.9 Å². The van der Waals surface area contributed by atoms with Crippen molar-refractivity contribution >= 4 is 17.6 Å². The van der Waals surface area contributed by atoms with Gasteiger partial charge in [0, 0.05) is 13.1 Å². The molecule has 0 aromatic carbocycles. The van der Waals surface area contributed by atoms with E-state index in [2.05, 4.69) is 4.98 Å². The first-order valence-corrected chi connectivity index (χ1v) is 6.73. The monoisotopic (exact) mass is 282 g/mol. The predicted octanol–water partition coefficient (Wildman–Crippen LogP) is 1.34. The zero-order valence-corrected chi connectivity index (χ0v) is 11.4. The van der Waals surface area contributed by atoms with Crippen LogP contribution in [-0.4, -0.2) is 40.1 Å². The van der Waals surface area contributed by atoms with Crippen molar-refractivity contribution in [1.29, 1.82) is 0 Å². The molecule has 8 nitrogen and oxygen atoms in total. The molecular weight excluding hydrogens is 264 g/mol. The highest BCUT2D eigenvalue weighted by atomic mass is 16.6. The number of ether oxygens (including phenoxy) is 1. The van der Waals surface area contributed by atoms with Crippen molar-refractivity contribution in [2.24, 2.45) is 0 Å². The van der Waals surface area contributed by atoms with Crippen molar-refractivity contribution in [2.45, 2.75) is 32.7 Å². The van der Waals surface area contributed by atoms with Gasteiger partial charge in [-0.05, 0) is 31.1 Å². The van der Waals surface area contributed by atoms with Crippen molar-refractivity contribution in [1.82, 2.24) is 9.55 Å². The molecule has 1 aliphatic rings. The minimum Gasteiger partial charge on any atom is -0.463 e. The molecule has 0 atom stereocenters. The predicted molar refractivity (Wildman–Crippen MR) is 71.6 cm³/mol. The zero-order valence-electron chi connectivity index (χ0n) is 11.4. The minimum absolute atomic E-state index is 0.139. The van der Waals surface area contributed by atoms with Gasteiger partial charge in [0.15, 0.2) is 12.9 Å². The number of carbonyl (C=O) groups is 1. The SMILES string of the molecule is CCOC(=O)Cn1cnc(N2CCCCC2)c1[N+](=O)[O-]. The Bertz CT molecular complexity index is 494. The van der Waals surface area contributed by atoms with Gasteiger partial charge in [0.05, 0.1) is 6.61 Å². The third-order valence-electron chi connectivity index (χ3n) is 3.22. The largest absolute Gasteiger partial charge is 0.463 e. The van der Waals surface area contributed by atoms with Crippen LogP contribution in [-0.2, 0) is 16.1 Å². The smallest absolute Gasteiger partial charge is 0.367 e. The van der Waals surface area contributed by atoms with E-state index >= 15 is 0 Å². The number of hydrogen-bond donors (Lipinski definition) is 0. The van der Waals surface area contributed by atoms with E-state index in [0.29, 0.717) is 5.82 Å². The van der Waals surface area contributed by atoms with Gasteiger partial charge < -0.3 is 19.8 Å². The summed E-state index contributed by atoms with van der Waals surface area (Å²) < 4.78 is 6.05. The van der Waals surface area contributed by atoms with Gasteiger partial charge in [-0.2, -0.15) is 9.55 Å². The average Bonchev–Trinajstić information content (AvgIpc) is 2.83. The second kappa shape index (κ2) is 6.36. The first-order valence-electron chi connectivity index (χ1n) is 6.73. The summed E-state index contributed by atoms with van der Waals surface area (Å²) in [6.07, 6.45) is 4.47.